The van der Waals surface area contributed by atoms with Crippen molar-refractivity contribution in [2.45, 2.75) is 76.7 Å². The standard InChI is InChI=1S/C15H26O6/c1-10(7-5-3-4-6-8-14(18)19)20-15-13(17)9-12(16)11(2)21-15/h6,8,10-13,15-17H,3-5,7,9H2,1-2H3,(H,18,19)/b8-6+/t10-,11?,12-,13+,15-/m1/s1. The second kappa shape index (κ2) is 9.15. The minimum atomic E-state index is -0.925. The molecule has 1 rings (SSSR count). The number of aliphatic hydroxyl groups excluding tert-OH is 2. The lowest BCUT2D eigenvalue weighted by Gasteiger charge is -2.36. The van der Waals surface area contributed by atoms with Crippen molar-refractivity contribution in [3.8, 4) is 0 Å². The number of aliphatic carboxylic acids is 1. The Balaban J connectivity index is 2.18. The number of hydrogen-bond acceptors (Lipinski definition) is 5. The van der Waals surface area contributed by atoms with E-state index in [1.165, 1.54) is 0 Å². The molecule has 0 aliphatic carbocycles. The molecule has 21 heavy (non-hydrogen) atoms. The molecule has 0 aromatic heterocycles. The summed E-state index contributed by atoms with van der Waals surface area (Å²) in [4.78, 5) is 10.3. The molecule has 0 spiro atoms. The molecule has 1 fully saturated rings. The molecule has 1 unspecified atom stereocenters. The third kappa shape index (κ3) is 7.04. The third-order valence-electron chi connectivity index (χ3n) is 3.55. The van der Waals surface area contributed by atoms with Gasteiger partial charge in [0.25, 0.3) is 0 Å². The number of aliphatic hydroxyl groups is 2. The predicted molar refractivity (Wildman–Crippen MR) is 76.8 cm³/mol. The lowest BCUT2D eigenvalue weighted by molar-refractivity contribution is -0.273. The zero-order chi connectivity index (χ0) is 15.8. The number of carboxylic acid groups (broad SMARTS) is 1. The number of carbonyl (C=O) groups is 1. The summed E-state index contributed by atoms with van der Waals surface area (Å²) in [5.74, 6) is -0.925. The summed E-state index contributed by atoms with van der Waals surface area (Å²) < 4.78 is 11.1. The molecule has 122 valence electrons. The summed E-state index contributed by atoms with van der Waals surface area (Å²) in [7, 11) is 0. The molecule has 0 radical (unpaired) electrons. The summed E-state index contributed by atoms with van der Waals surface area (Å²) in [5, 5.41) is 27.8. The molecule has 6 heteroatoms. The number of rotatable bonds is 8. The number of carboxylic acids is 1. The number of allylic oxidation sites excluding steroid dienone is 1. The highest BCUT2D eigenvalue weighted by Gasteiger charge is 2.35. The van der Waals surface area contributed by atoms with Gasteiger partial charge in [0, 0.05) is 12.5 Å². The monoisotopic (exact) mass is 302 g/mol. The van der Waals surface area contributed by atoms with Gasteiger partial charge in [-0.3, -0.25) is 0 Å². The van der Waals surface area contributed by atoms with Crippen molar-refractivity contribution >= 4 is 5.97 Å². The molecule has 1 saturated heterocycles. The zero-order valence-electron chi connectivity index (χ0n) is 12.6. The lowest BCUT2D eigenvalue weighted by Crippen LogP contribution is -2.48. The van der Waals surface area contributed by atoms with Gasteiger partial charge in [-0.2, -0.15) is 0 Å². The Morgan fingerprint density at radius 3 is 2.76 bits per heavy atom. The molecule has 0 amide bonds. The molecule has 6 nitrogen and oxygen atoms in total. The predicted octanol–water partition coefficient (Wildman–Crippen LogP) is 1.45. The Bertz CT molecular complexity index is 343. The number of hydrogen-bond donors (Lipinski definition) is 3. The van der Waals surface area contributed by atoms with Gasteiger partial charge in [0.1, 0.15) is 6.10 Å². The molecular weight excluding hydrogens is 276 g/mol. The van der Waals surface area contributed by atoms with Gasteiger partial charge in [0.15, 0.2) is 6.29 Å². The van der Waals surface area contributed by atoms with Gasteiger partial charge in [-0.05, 0) is 33.1 Å². The fraction of sp³-hybridized carbons (Fsp3) is 0.800. The van der Waals surface area contributed by atoms with Crippen molar-refractivity contribution in [1.29, 1.82) is 0 Å². The van der Waals surface area contributed by atoms with Crippen LogP contribution in [0.3, 0.4) is 0 Å². The van der Waals surface area contributed by atoms with Crippen molar-refractivity contribution in [3.05, 3.63) is 12.2 Å². The van der Waals surface area contributed by atoms with Crippen LogP contribution in [0.4, 0.5) is 0 Å². The van der Waals surface area contributed by atoms with E-state index >= 15 is 0 Å². The second-order valence-electron chi connectivity index (χ2n) is 5.55. The summed E-state index contributed by atoms with van der Waals surface area (Å²) >= 11 is 0. The summed E-state index contributed by atoms with van der Waals surface area (Å²) in [6, 6.07) is 0. The summed E-state index contributed by atoms with van der Waals surface area (Å²) in [5.41, 5.74) is 0. The Morgan fingerprint density at radius 1 is 1.38 bits per heavy atom. The minimum absolute atomic E-state index is 0.0597. The normalized spacial score (nSPS) is 31.4. The average molecular weight is 302 g/mol. The molecule has 0 bridgehead atoms. The van der Waals surface area contributed by atoms with Crippen LogP contribution in [0.15, 0.2) is 12.2 Å². The maximum atomic E-state index is 10.3. The van der Waals surface area contributed by atoms with Crippen molar-refractivity contribution in [3.63, 3.8) is 0 Å². The molecule has 1 heterocycles. The largest absolute Gasteiger partial charge is 0.478 e. The van der Waals surface area contributed by atoms with E-state index < -0.39 is 24.5 Å². The van der Waals surface area contributed by atoms with Crippen LogP contribution in [-0.4, -0.2) is 52.0 Å². The molecule has 5 atom stereocenters. The highest BCUT2D eigenvalue weighted by Crippen LogP contribution is 2.23. The fourth-order valence-corrected chi connectivity index (χ4v) is 2.24. The van der Waals surface area contributed by atoms with Gasteiger partial charge in [0.2, 0.25) is 0 Å². The van der Waals surface area contributed by atoms with Gasteiger partial charge in [-0.1, -0.05) is 12.5 Å². The highest BCUT2D eigenvalue weighted by molar-refractivity contribution is 5.79. The second-order valence-corrected chi connectivity index (χ2v) is 5.55. The smallest absolute Gasteiger partial charge is 0.327 e. The summed E-state index contributed by atoms with van der Waals surface area (Å²) in [6.45, 7) is 3.67. The van der Waals surface area contributed by atoms with E-state index in [1.54, 1.807) is 13.0 Å². The van der Waals surface area contributed by atoms with Crippen LogP contribution < -0.4 is 0 Å². The lowest BCUT2D eigenvalue weighted by atomic mass is 10.0. The SMILES string of the molecule is CC1O[C@@H](O[C@H](C)CCCC/C=C/C(=O)O)[C@@H](O)C[C@H]1O. The first kappa shape index (κ1) is 18.1. The maximum Gasteiger partial charge on any atom is 0.327 e. The zero-order valence-corrected chi connectivity index (χ0v) is 12.6. The molecule has 1 aliphatic rings. The van der Waals surface area contributed by atoms with Crippen LogP contribution in [0.5, 0.6) is 0 Å². The first-order valence-electron chi connectivity index (χ1n) is 7.46. The Morgan fingerprint density at radius 2 is 2.10 bits per heavy atom. The van der Waals surface area contributed by atoms with Gasteiger partial charge in [-0.15, -0.1) is 0 Å². The van der Waals surface area contributed by atoms with E-state index in [1.807, 2.05) is 6.92 Å². The van der Waals surface area contributed by atoms with Gasteiger partial charge in [-0.25, -0.2) is 4.79 Å². The van der Waals surface area contributed by atoms with Crippen LogP contribution >= 0.6 is 0 Å². The first-order chi connectivity index (χ1) is 9.90. The molecule has 1 aliphatic heterocycles. The van der Waals surface area contributed by atoms with Gasteiger partial charge >= 0.3 is 5.97 Å². The van der Waals surface area contributed by atoms with E-state index in [4.69, 9.17) is 14.6 Å². The van der Waals surface area contributed by atoms with Crippen molar-refractivity contribution in [1.82, 2.24) is 0 Å². The Kier molecular flexibility index (Phi) is 7.88. The number of unbranched alkanes of at least 4 members (excludes halogenated alkanes) is 2. The van der Waals surface area contributed by atoms with Crippen molar-refractivity contribution in [2.75, 3.05) is 0 Å². The van der Waals surface area contributed by atoms with Crippen LogP contribution in [0.2, 0.25) is 0 Å². The van der Waals surface area contributed by atoms with Crippen LogP contribution in [0.1, 0.15) is 46.0 Å². The van der Waals surface area contributed by atoms with Gasteiger partial charge in [0.05, 0.1) is 18.3 Å². The van der Waals surface area contributed by atoms with Crippen molar-refractivity contribution in [2.24, 2.45) is 0 Å². The van der Waals surface area contributed by atoms with E-state index in [0.29, 0.717) is 0 Å². The molecule has 3 N–H and O–H groups in total. The highest BCUT2D eigenvalue weighted by atomic mass is 16.7. The number of ether oxygens (including phenoxy) is 2. The Labute approximate surface area is 125 Å². The summed E-state index contributed by atoms with van der Waals surface area (Å²) in [6.07, 6.45) is 3.84. The van der Waals surface area contributed by atoms with Crippen LogP contribution in [-0.2, 0) is 14.3 Å². The van der Waals surface area contributed by atoms with Crippen molar-refractivity contribution < 1.29 is 29.6 Å². The Hall–Kier alpha value is -0.950. The topological polar surface area (TPSA) is 96.2 Å². The minimum Gasteiger partial charge on any atom is -0.478 e. The van der Waals surface area contributed by atoms with E-state index in [0.717, 1.165) is 31.8 Å². The fourth-order valence-electron chi connectivity index (χ4n) is 2.24. The first-order valence-corrected chi connectivity index (χ1v) is 7.46. The molecule has 0 saturated carbocycles. The molecule has 0 aromatic rings. The van der Waals surface area contributed by atoms with E-state index in [9.17, 15) is 15.0 Å². The van der Waals surface area contributed by atoms with Crippen LogP contribution in [0, 0.1) is 0 Å². The average Bonchev–Trinajstić information content (AvgIpc) is 2.39. The van der Waals surface area contributed by atoms with E-state index in [2.05, 4.69) is 0 Å². The quantitative estimate of drug-likeness (QED) is 0.464. The molecular formula is C15H26O6. The maximum absolute atomic E-state index is 10.3. The third-order valence-corrected chi connectivity index (χ3v) is 3.55. The molecule has 0 aromatic carbocycles. The van der Waals surface area contributed by atoms with Crippen LogP contribution in [0.25, 0.3) is 0 Å². The van der Waals surface area contributed by atoms with Gasteiger partial charge < -0.3 is 24.8 Å². The van der Waals surface area contributed by atoms with E-state index in [-0.39, 0.29) is 18.6 Å².